The molecule has 4 aliphatic carbocycles. The molecule has 1 heterocycles. The first-order valence-electron chi connectivity index (χ1n) is 8.79. The molecule has 0 amide bonds. The second-order valence-corrected chi connectivity index (χ2v) is 8.72. The molecular formula is C19H22O5. The van der Waals surface area contributed by atoms with Gasteiger partial charge in [-0.3, -0.25) is 9.59 Å². The predicted molar refractivity (Wildman–Crippen MR) is 83.7 cm³/mol. The molecule has 0 aromatic heterocycles. The summed E-state index contributed by atoms with van der Waals surface area (Å²) in [4.78, 5) is 25.0. The molecule has 2 unspecified atom stereocenters. The zero-order valence-corrected chi connectivity index (χ0v) is 13.7. The number of carbonyl (C=O) groups excluding carboxylic acids is 1. The zero-order valence-electron chi connectivity index (χ0n) is 13.7. The van der Waals surface area contributed by atoms with Gasteiger partial charge in [-0.25, -0.2) is 0 Å². The van der Waals surface area contributed by atoms with Crippen molar-refractivity contribution < 1.29 is 24.5 Å². The lowest BCUT2D eigenvalue weighted by molar-refractivity contribution is -0.161. The Labute approximate surface area is 140 Å². The zero-order chi connectivity index (χ0) is 17.1. The Morgan fingerprint density at radius 1 is 1.42 bits per heavy atom. The maximum Gasteiger partial charge on any atom is 0.316 e. The molecule has 5 rings (SSSR count). The van der Waals surface area contributed by atoms with Crippen molar-refractivity contribution in [3.63, 3.8) is 0 Å². The Kier molecular flexibility index (Phi) is 2.42. The van der Waals surface area contributed by atoms with Crippen LogP contribution in [0.5, 0.6) is 0 Å². The highest BCUT2D eigenvalue weighted by atomic mass is 16.6. The van der Waals surface area contributed by atoms with Crippen molar-refractivity contribution in [1.82, 2.24) is 0 Å². The number of rotatable bonds is 1. The number of aliphatic hydroxyl groups excluding tert-OH is 1. The van der Waals surface area contributed by atoms with Gasteiger partial charge in [-0.05, 0) is 50.0 Å². The van der Waals surface area contributed by atoms with Crippen LogP contribution in [0, 0.1) is 34.5 Å². The van der Waals surface area contributed by atoms with Crippen LogP contribution in [0.3, 0.4) is 0 Å². The van der Waals surface area contributed by atoms with Crippen LogP contribution < -0.4 is 0 Å². The van der Waals surface area contributed by atoms with Crippen molar-refractivity contribution in [1.29, 1.82) is 0 Å². The largest absolute Gasteiger partial charge is 0.481 e. The summed E-state index contributed by atoms with van der Waals surface area (Å²) in [5.74, 6) is -2.12. The lowest BCUT2D eigenvalue weighted by atomic mass is 9.61. The molecule has 2 N–H and O–H groups in total. The van der Waals surface area contributed by atoms with Crippen LogP contribution in [0.1, 0.15) is 32.6 Å². The molecule has 8 atom stereocenters. The van der Waals surface area contributed by atoms with E-state index in [1.807, 2.05) is 6.08 Å². The van der Waals surface area contributed by atoms with Gasteiger partial charge in [0.25, 0.3) is 0 Å². The summed E-state index contributed by atoms with van der Waals surface area (Å²) < 4.78 is 5.92. The Morgan fingerprint density at radius 2 is 2.17 bits per heavy atom. The number of hydrogen-bond donors (Lipinski definition) is 2. The number of carbonyl (C=O) groups is 2. The monoisotopic (exact) mass is 330 g/mol. The number of carboxylic acid groups (broad SMARTS) is 1. The van der Waals surface area contributed by atoms with E-state index >= 15 is 0 Å². The summed E-state index contributed by atoms with van der Waals surface area (Å²) in [6.45, 7) is 5.88. The van der Waals surface area contributed by atoms with E-state index in [0.29, 0.717) is 12.3 Å². The highest BCUT2D eigenvalue weighted by Gasteiger charge is 2.82. The van der Waals surface area contributed by atoms with Gasteiger partial charge in [-0.2, -0.15) is 0 Å². The third-order valence-electron chi connectivity index (χ3n) is 8.02. The Bertz CT molecular complexity index is 725. The van der Waals surface area contributed by atoms with Gasteiger partial charge in [0, 0.05) is 11.8 Å². The van der Waals surface area contributed by atoms with Crippen molar-refractivity contribution in [2.45, 2.75) is 44.3 Å². The van der Waals surface area contributed by atoms with E-state index in [4.69, 9.17) is 4.74 Å². The van der Waals surface area contributed by atoms with Gasteiger partial charge < -0.3 is 14.9 Å². The van der Waals surface area contributed by atoms with Gasteiger partial charge in [-0.15, -0.1) is 0 Å². The molecule has 0 radical (unpaired) electrons. The van der Waals surface area contributed by atoms with Crippen molar-refractivity contribution in [3.8, 4) is 0 Å². The van der Waals surface area contributed by atoms with Crippen molar-refractivity contribution >= 4 is 11.9 Å². The first-order valence-corrected chi connectivity index (χ1v) is 8.79. The van der Waals surface area contributed by atoms with Gasteiger partial charge in [0.2, 0.25) is 0 Å². The van der Waals surface area contributed by atoms with Crippen molar-refractivity contribution in [2.24, 2.45) is 34.5 Å². The number of ether oxygens (including phenoxy) is 1. The third-order valence-corrected chi connectivity index (χ3v) is 8.02. The summed E-state index contributed by atoms with van der Waals surface area (Å²) in [5, 5.41) is 20.7. The minimum Gasteiger partial charge on any atom is -0.481 e. The van der Waals surface area contributed by atoms with Crippen molar-refractivity contribution in [2.75, 3.05) is 0 Å². The van der Waals surface area contributed by atoms with E-state index in [0.717, 1.165) is 24.8 Å². The van der Waals surface area contributed by atoms with Crippen LogP contribution in [0.4, 0.5) is 0 Å². The standard InChI is InChI=1S/C19H22O5/c1-9-7-18-8-10(9)3-4-11(18)19-6-5-12(20)17(2,16(23)24-19)14(19)13(18)15(21)22/h5-6,10-14,20H,1,3-4,7-8H2,2H3,(H,21,22)/t10-,11?,12?,13-,14-,17-,18+,19-/m1/s1. The van der Waals surface area contributed by atoms with Crippen LogP contribution in [0.25, 0.3) is 0 Å². The van der Waals surface area contributed by atoms with Crippen LogP contribution in [-0.4, -0.2) is 33.9 Å². The molecular weight excluding hydrogens is 308 g/mol. The lowest BCUT2D eigenvalue weighted by Gasteiger charge is -2.42. The molecule has 128 valence electrons. The van der Waals surface area contributed by atoms with Gasteiger partial charge in [0.05, 0.1) is 12.0 Å². The Balaban J connectivity index is 1.78. The molecule has 0 aromatic rings. The fraction of sp³-hybridized carbons (Fsp3) is 0.684. The molecule has 1 spiro atoms. The molecule has 4 bridgehead atoms. The first kappa shape index (κ1) is 14.7. The average molecular weight is 330 g/mol. The minimum atomic E-state index is -1.18. The predicted octanol–water partition coefficient (Wildman–Crippen LogP) is 1.91. The number of hydrogen-bond acceptors (Lipinski definition) is 4. The molecule has 1 saturated heterocycles. The maximum atomic E-state index is 12.7. The average Bonchev–Trinajstić information content (AvgIpc) is 2.98. The van der Waals surface area contributed by atoms with Crippen LogP contribution in [-0.2, 0) is 14.3 Å². The minimum absolute atomic E-state index is 0.00104. The summed E-state index contributed by atoms with van der Waals surface area (Å²) in [5.41, 5.74) is -1.30. The number of aliphatic carboxylic acids is 1. The number of esters is 1. The van der Waals surface area contributed by atoms with E-state index in [1.165, 1.54) is 0 Å². The molecule has 5 aliphatic rings. The molecule has 5 nitrogen and oxygen atoms in total. The van der Waals surface area contributed by atoms with Gasteiger partial charge in [-0.1, -0.05) is 18.2 Å². The fourth-order valence-corrected chi connectivity index (χ4v) is 7.14. The Morgan fingerprint density at radius 3 is 2.88 bits per heavy atom. The van der Waals surface area contributed by atoms with Crippen LogP contribution in [0.15, 0.2) is 24.3 Å². The lowest BCUT2D eigenvalue weighted by Crippen LogP contribution is -2.50. The van der Waals surface area contributed by atoms with Crippen molar-refractivity contribution in [3.05, 3.63) is 24.3 Å². The molecule has 5 heteroatoms. The fourth-order valence-electron chi connectivity index (χ4n) is 7.14. The number of allylic oxidation sites excluding steroid dienone is 1. The van der Waals surface area contributed by atoms with E-state index in [1.54, 1.807) is 13.0 Å². The SMILES string of the molecule is C=C1C[C@]23C[C@H]1CCC2[C@@]12C=CC(O)[C@@](C)(C(=O)O1)[C@H]2[C@@H]3C(=O)O. The van der Waals surface area contributed by atoms with E-state index in [2.05, 4.69) is 6.58 Å². The normalized spacial score (nSPS) is 56.8. The summed E-state index contributed by atoms with van der Waals surface area (Å²) >= 11 is 0. The van der Waals surface area contributed by atoms with E-state index in [-0.39, 0.29) is 5.92 Å². The molecule has 0 aromatic carbocycles. The summed E-state index contributed by atoms with van der Waals surface area (Å²) in [6, 6.07) is 0. The number of carboxylic acids is 1. The smallest absolute Gasteiger partial charge is 0.316 e. The van der Waals surface area contributed by atoms with Gasteiger partial charge in [0.1, 0.15) is 11.0 Å². The number of aliphatic hydroxyl groups is 1. The third kappa shape index (κ3) is 1.25. The highest BCUT2D eigenvalue weighted by Crippen LogP contribution is 2.76. The number of fused-ring (bicyclic) bond motifs is 1. The molecule has 3 saturated carbocycles. The second-order valence-electron chi connectivity index (χ2n) is 8.72. The first-order chi connectivity index (χ1) is 11.3. The second kappa shape index (κ2) is 3.96. The van der Waals surface area contributed by atoms with Crippen LogP contribution in [0.2, 0.25) is 0 Å². The van der Waals surface area contributed by atoms with Gasteiger partial charge in [0.15, 0.2) is 0 Å². The molecule has 24 heavy (non-hydrogen) atoms. The quantitative estimate of drug-likeness (QED) is 0.567. The molecule has 1 aliphatic heterocycles. The van der Waals surface area contributed by atoms with E-state index in [9.17, 15) is 19.8 Å². The van der Waals surface area contributed by atoms with E-state index < -0.39 is 46.3 Å². The summed E-state index contributed by atoms with van der Waals surface area (Å²) in [6.07, 6.45) is 5.83. The highest BCUT2D eigenvalue weighted by molar-refractivity contribution is 5.86. The van der Waals surface area contributed by atoms with Crippen LogP contribution >= 0.6 is 0 Å². The van der Waals surface area contributed by atoms with Gasteiger partial charge >= 0.3 is 11.9 Å². The maximum absolute atomic E-state index is 12.7. The molecule has 4 fully saturated rings. The summed E-state index contributed by atoms with van der Waals surface area (Å²) in [7, 11) is 0. The topological polar surface area (TPSA) is 83.8 Å². The Hall–Kier alpha value is -1.62.